The van der Waals surface area contributed by atoms with E-state index in [9.17, 15) is 9.59 Å². The van der Waals surface area contributed by atoms with Gasteiger partial charge >= 0.3 is 0 Å². The Hall–Kier alpha value is -3.60. The Bertz CT molecular complexity index is 967. The first-order valence-corrected chi connectivity index (χ1v) is 9.50. The van der Waals surface area contributed by atoms with E-state index in [1.165, 1.54) is 0 Å². The number of carbonyl (C=O) groups excluding carboxylic acids is 2. The fourth-order valence-electron chi connectivity index (χ4n) is 2.61. The third kappa shape index (κ3) is 5.94. The second kappa shape index (κ2) is 9.55. The lowest BCUT2D eigenvalue weighted by Gasteiger charge is -2.10. The van der Waals surface area contributed by atoms with E-state index < -0.39 is 0 Å². The van der Waals surface area contributed by atoms with E-state index >= 15 is 0 Å². The number of para-hydroxylation sites is 1. The first-order valence-electron chi connectivity index (χ1n) is 9.50. The van der Waals surface area contributed by atoms with Crippen molar-refractivity contribution < 1.29 is 14.3 Å². The maximum Gasteiger partial charge on any atom is 0.255 e. The lowest BCUT2D eigenvalue weighted by molar-refractivity contribution is -0.118. The van der Waals surface area contributed by atoms with Crippen molar-refractivity contribution in [3.05, 3.63) is 90.0 Å². The van der Waals surface area contributed by atoms with Crippen molar-refractivity contribution >= 4 is 23.2 Å². The monoisotopic (exact) mass is 388 g/mol. The average Bonchev–Trinajstić information content (AvgIpc) is 2.74. The van der Waals surface area contributed by atoms with Crippen LogP contribution < -0.4 is 15.4 Å². The first-order chi connectivity index (χ1) is 14.0. The van der Waals surface area contributed by atoms with Crippen molar-refractivity contribution in [2.45, 2.75) is 20.5 Å². The van der Waals surface area contributed by atoms with Gasteiger partial charge in [-0.25, -0.2) is 0 Å². The number of nitrogens with one attached hydrogen (secondary N) is 2. The fraction of sp³-hybridized carbons (Fsp3) is 0.167. The van der Waals surface area contributed by atoms with Crippen molar-refractivity contribution in [3.63, 3.8) is 0 Å². The van der Waals surface area contributed by atoms with Gasteiger partial charge in [-0.3, -0.25) is 9.59 Å². The van der Waals surface area contributed by atoms with Gasteiger partial charge in [0, 0.05) is 22.9 Å². The molecule has 0 aliphatic carbocycles. The van der Waals surface area contributed by atoms with E-state index in [-0.39, 0.29) is 17.7 Å². The standard InChI is InChI=1S/C24H24N2O3/c1-17(2)23(27)25-20-11-13-21(14-12-20)26-24(28)19-8-6-7-18(15-19)16-29-22-9-4-3-5-10-22/h3-15,17H,16H2,1-2H3,(H,25,27)(H,26,28). The Labute approximate surface area is 170 Å². The van der Waals surface area contributed by atoms with Crippen molar-refractivity contribution in [2.75, 3.05) is 10.6 Å². The van der Waals surface area contributed by atoms with E-state index in [0.717, 1.165) is 11.3 Å². The number of anilines is 2. The molecule has 3 aromatic carbocycles. The molecule has 2 N–H and O–H groups in total. The van der Waals surface area contributed by atoms with E-state index in [1.807, 2.05) is 62.4 Å². The molecular weight excluding hydrogens is 364 g/mol. The van der Waals surface area contributed by atoms with Crippen LogP contribution in [0.5, 0.6) is 5.75 Å². The van der Waals surface area contributed by atoms with Gasteiger partial charge in [0.15, 0.2) is 0 Å². The van der Waals surface area contributed by atoms with E-state index in [2.05, 4.69) is 10.6 Å². The van der Waals surface area contributed by atoms with Crippen LogP contribution in [-0.2, 0) is 11.4 Å². The molecule has 0 heterocycles. The Balaban J connectivity index is 1.59. The second-order valence-corrected chi connectivity index (χ2v) is 6.98. The predicted molar refractivity (Wildman–Crippen MR) is 115 cm³/mol. The molecule has 5 nitrogen and oxygen atoms in total. The van der Waals surface area contributed by atoms with Gasteiger partial charge in [-0.1, -0.05) is 44.2 Å². The van der Waals surface area contributed by atoms with Crippen molar-refractivity contribution in [1.29, 1.82) is 0 Å². The number of benzene rings is 3. The number of hydrogen-bond donors (Lipinski definition) is 2. The molecule has 0 radical (unpaired) electrons. The maximum atomic E-state index is 12.6. The normalized spacial score (nSPS) is 10.4. The van der Waals surface area contributed by atoms with E-state index in [4.69, 9.17) is 4.74 Å². The predicted octanol–water partition coefficient (Wildman–Crippen LogP) is 5.11. The van der Waals surface area contributed by atoms with Crippen molar-refractivity contribution in [1.82, 2.24) is 0 Å². The van der Waals surface area contributed by atoms with Gasteiger partial charge in [-0.2, -0.15) is 0 Å². The van der Waals surface area contributed by atoms with Crippen LogP contribution in [0.2, 0.25) is 0 Å². The zero-order valence-electron chi connectivity index (χ0n) is 16.5. The van der Waals surface area contributed by atoms with Crippen molar-refractivity contribution in [2.24, 2.45) is 5.92 Å². The summed E-state index contributed by atoms with van der Waals surface area (Å²) in [5.74, 6) is 0.446. The molecule has 0 unspecified atom stereocenters. The van der Waals surface area contributed by atoms with Gasteiger partial charge in [0.1, 0.15) is 12.4 Å². The van der Waals surface area contributed by atoms with Gasteiger partial charge in [0.05, 0.1) is 0 Å². The maximum absolute atomic E-state index is 12.6. The minimum absolute atomic E-state index is 0.0451. The number of rotatable bonds is 7. The zero-order chi connectivity index (χ0) is 20.6. The molecule has 0 saturated heterocycles. The van der Waals surface area contributed by atoms with Crippen LogP contribution in [0.1, 0.15) is 29.8 Å². The largest absolute Gasteiger partial charge is 0.489 e. The summed E-state index contributed by atoms with van der Waals surface area (Å²) < 4.78 is 5.74. The van der Waals surface area contributed by atoms with E-state index in [1.54, 1.807) is 30.3 Å². The Morgan fingerprint density at radius 3 is 2.14 bits per heavy atom. The van der Waals surface area contributed by atoms with Crippen LogP contribution in [-0.4, -0.2) is 11.8 Å². The molecule has 0 bridgehead atoms. The van der Waals surface area contributed by atoms with E-state index in [0.29, 0.717) is 23.5 Å². The fourth-order valence-corrected chi connectivity index (χ4v) is 2.61. The summed E-state index contributed by atoms with van der Waals surface area (Å²) in [5, 5.41) is 5.69. The van der Waals surface area contributed by atoms with Crippen molar-refractivity contribution in [3.8, 4) is 5.75 Å². The third-order valence-electron chi connectivity index (χ3n) is 4.27. The summed E-state index contributed by atoms with van der Waals surface area (Å²) >= 11 is 0. The Kier molecular flexibility index (Phi) is 6.63. The molecule has 0 aromatic heterocycles. The molecule has 0 saturated carbocycles. The Morgan fingerprint density at radius 2 is 1.48 bits per heavy atom. The molecule has 3 aromatic rings. The lowest BCUT2D eigenvalue weighted by atomic mass is 10.1. The molecule has 0 atom stereocenters. The summed E-state index contributed by atoms with van der Waals surface area (Å²) in [6, 6.07) is 23.9. The number of ether oxygens (including phenoxy) is 1. The minimum Gasteiger partial charge on any atom is -0.489 e. The van der Waals surface area contributed by atoms with Crippen LogP contribution in [0.3, 0.4) is 0 Å². The molecule has 2 amide bonds. The summed E-state index contributed by atoms with van der Waals surface area (Å²) in [4.78, 5) is 24.3. The molecule has 5 heteroatoms. The van der Waals surface area contributed by atoms with Crippen LogP contribution in [0.4, 0.5) is 11.4 Å². The topological polar surface area (TPSA) is 67.4 Å². The van der Waals surface area contributed by atoms with Crippen LogP contribution in [0.25, 0.3) is 0 Å². The summed E-state index contributed by atoms with van der Waals surface area (Å²) in [5.41, 5.74) is 2.81. The van der Waals surface area contributed by atoms with Gasteiger partial charge < -0.3 is 15.4 Å². The number of amides is 2. The molecule has 0 spiro atoms. The molecule has 3 rings (SSSR count). The highest BCUT2D eigenvalue weighted by Crippen LogP contribution is 2.17. The Morgan fingerprint density at radius 1 is 0.828 bits per heavy atom. The minimum atomic E-state index is -0.203. The molecule has 0 aliphatic rings. The highest BCUT2D eigenvalue weighted by molar-refractivity contribution is 6.04. The zero-order valence-corrected chi connectivity index (χ0v) is 16.5. The quantitative estimate of drug-likeness (QED) is 0.591. The van der Waals surface area contributed by atoms with Gasteiger partial charge in [0.25, 0.3) is 5.91 Å². The number of carbonyl (C=O) groups is 2. The smallest absolute Gasteiger partial charge is 0.255 e. The molecule has 0 fully saturated rings. The summed E-state index contributed by atoms with van der Waals surface area (Å²) in [6.45, 7) is 4.06. The van der Waals surface area contributed by atoms with Gasteiger partial charge in [-0.05, 0) is 54.1 Å². The highest BCUT2D eigenvalue weighted by Gasteiger charge is 2.09. The molecule has 29 heavy (non-hydrogen) atoms. The molecule has 0 aliphatic heterocycles. The van der Waals surface area contributed by atoms with Crippen LogP contribution in [0, 0.1) is 5.92 Å². The van der Waals surface area contributed by atoms with Gasteiger partial charge in [-0.15, -0.1) is 0 Å². The average molecular weight is 388 g/mol. The third-order valence-corrected chi connectivity index (χ3v) is 4.27. The molecule has 148 valence electrons. The van der Waals surface area contributed by atoms with Crippen LogP contribution in [0.15, 0.2) is 78.9 Å². The lowest BCUT2D eigenvalue weighted by Crippen LogP contribution is -2.17. The highest BCUT2D eigenvalue weighted by atomic mass is 16.5. The summed E-state index contributed by atoms with van der Waals surface area (Å²) in [7, 11) is 0. The summed E-state index contributed by atoms with van der Waals surface area (Å²) in [6.07, 6.45) is 0. The number of hydrogen-bond acceptors (Lipinski definition) is 3. The second-order valence-electron chi connectivity index (χ2n) is 6.98. The van der Waals surface area contributed by atoms with Crippen LogP contribution >= 0.6 is 0 Å². The van der Waals surface area contributed by atoms with Gasteiger partial charge in [0.2, 0.25) is 5.91 Å². The molecular formula is C24H24N2O3. The SMILES string of the molecule is CC(C)C(=O)Nc1ccc(NC(=O)c2cccc(COc3ccccc3)c2)cc1. The first kappa shape index (κ1) is 20.1.